The third-order valence-electron chi connectivity index (χ3n) is 3.89. The Morgan fingerprint density at radius 2 is 2.00 bits per heavy atom. The second-order valence-corrected chi connectivity index (χ2v) is 6.89. The van der Waals surface area contributed by atoms with Crippen LogP contribution in [0.3, 0.4) is 0 Å². The van der Waals surface area contributed by atoms with Crippen LogP contribution < -0.4 is 0 Å². The van der Waals surface area contributed by atoms with E-state index in [2.05, 4.69) is 11.1 Å². The number of aromatic nitrogens is 1. The van der Waals surface area contributed by atoms with E-state index >= 15 is 0 Å². The Kier molecular flexibility index (Phi) is 5.00. The van der Waals surface area contributed by atoms with Gasteiger partial charge in [-0.15, -0.1) is 0 Å². The first-order chi connectivity index (χ1) is 11.2. The van der Waals surface area contributed by atoms with E-state index in [4.69, 9.17) is 11.6 Å². The van der Waals surface area contributed by atoms with Crippen molar-refractivity contribution in [1.82, 2.24) is 4.98 Å². The number of hydrogen-bond acceptors (Lipinski definition) is 4. The molecular weight excluding hydrogens is 328 g/mol. The van der Waals surface area contributed by atoms with Crippen molar-refractivity contribution in [3.63, 3.8) is 0 Å². The molecule has 0 atom stereocenters. The van der Waals surface area contributed by atoms with Crippen LogP contribution in [0, 0.1) is 11.3 Å². The Labute approximate surface area is 144 Å². The number of fused-ring (bicyclic) bond motifs is 1. The molecule has 0 radical (unpaired) electrons. The van der Waals surface area contributed by atoms with Crippen LogP contribution in [-0.2, 0) is 12.8 Å². The van der Waals surface area contributed by atoms with E-state index in [1.54, 1.807) is 24.3 Å². The monoisotopic (exact) mass is 342 g/mol. The maximum absolute atomic E-state index is 12.2. The number of Topliss-reactive ketones (excluding diaryl/α,β-unsaturated/α-hetero) is 1. The molecule has 23 heavy (non-hydrogen) atoms. The minimum Gasteiger partial charge on any atom is -0.293 e. The third kappa shape index (κ3) is 3.74. The normalized spacial score (nSPS) is 13.2. The van der Waals surface area contributed by atoms with Crippen molar-refractivity contribution in [2.45, 2.75) is 30.7 Å². The minimum atomic E-state index is 0.00933. The molecule has 1 aromatic carbocycles. The predicted octanol–water partition coefficient (Wildman–Crippen LogP) is 4.46. The highest BCUT2D eigenvalue weighted by Crippen LogP contribution is 2.27. The summed E-state index contributed by atoms with van der Waals surface area (Å²) in [5.41, 5.74) is 3.45. The quantitative estimate of drug-likeness (QED) is 0.608. The molecule has 0 spiro atoms. The molecule has 3 nitrogen and oxygen atoms in total. The SMILES string of the molecule is N#Cc1cc2c(nc1SCC(=O)c1ccc(Cl)cc1)CCCC2. The first kappa shape index (κ1) is 16.0. The molecular formula is C18H15ClN2OS. The molecule has 116 valence electrons. The summed E-state index contributed by atoms with van der Waals surface area (Å²) in [7, 11) is 0. The fourth-order valence-electron chi connectivity index (χ4n) is 2.66. The molecule has 0 unspecified atom stereocenters. The van der Waals surface area contributed by atoms with E-state index in [0.717, 1.165) is 31.4 Å². The van der Waals surface area contributed by atoms with Gasteiger partial charge in [-0.3, -0.25) is 4.79 Å². The van der Waals surface area contributed by atoms with Crippen LogP contribution in [-0.4, -0.2) is 16.5 Å². The van der Waals surface area contributed by atoms with Gasteiger partial charge in [0.1, 0.15) is 11.1 Å². The average Bonchev–Trinajstić information content (AvgIpc) is 2.59. The number of rotatable bonds is 4. The molecule has 0 aliphatic heterocycles. The number of ketones is 1. The van der Waals surface area contributed by atoms with Gasteiger partial charge in [0.25, 0.3) is 0 Å². The van der Waals surface area contributed by atoms with E-state index in [1.165, 1.54) is 17.3 Å². The van der Waals surface area contributed by atoms with E-state index in [0.29, 0.717) is 21.2 Å². The maximum atomic E-state index is 12.2. The lowest BCUT2D eigenvalue weighted by Gasteiger charge is -2.16. The smallest absolute Gasteiger partial charge is 0.173 e. The van der Waals surface area contributed by atoms with Crippen molar-refractivity contribution >= 4 is 29.1 Å². The van der Waals surface area contributed by atoms with Gasteiger partial charge in [-0.05, 0) is 61.6 Å². The fraction of sp³-hybridized carbons (Fsp3) is 0.278. The van der Waals surface area contributed by atoms with Crippen molar-refractivity contribution in [2.24, 2.45) is 0 Å². The van der Waals surface area contributed by atoms with E-state index in [9.17, 15) is 10.1 Å². The summed E-state index contributed by atoms with van der Waals surface area (Å²) >= 11 is 7.17. The van der Waals surface area contributed by atoms with Crippen LogP contribution in [0.15, 0.2) is 35.4 Å². The zero-order valence-corrected chi connectivity index (χ0v) is 14.1. The first-order valence-corrected chi connectivity index (χ1v) is 8.88. The molecule has 3 rings (SSSR count). The molecule has 0 fully saturated rings. The minimum absolute atomic E-state index is 0.00933. The van der Waals surface area contributed by atoms with E-state index < -0.39 is 0 Å². The van der Waals surface area contributed by atoms with Crippen LogP contribution in [0.25, 0.3) is 0 Å². The maximum Gasteiger partial charge on any atom is 0.173 e. The van der Waals surface area contributed by atoms with E-state index in [1.807, 2.05) is 6.07 Å². The van der Waals surface area contributed by atoms with Crippen molar-refractivity contribution in [2.75, 3.05) is 5.75 Å². The molecule has 0 saturated carbocycles. The first-order valence-electron chi connectivity index (χ1n) is 7.52. The van der Waals surface area contributed by atoms with Crippen LogP contribution in [0.5, 0.6) is 0 Å². The molecule has 0 saturated heterocycles. The number of halogens is 1. The Morgan fingerprint density at radius 3 is 2.74 bits per heavy atom. The average molecular weight is 343 g/mol. The van der Waals surface area contributed by atoms with Crippen molar-refractivity contribution in [3.05, 3.63) is 57.7 Å². The van der Waals surface area contributed by atoms with Gasteiger partial charge in [0, 0.05) is 16.3 Å². The summed E-state index contributed by atoms with van der Waals surface area (Å²) in [6.45, 7) is 0. The van der Waals surface area contributed by atoms with Gasteiger partial charge in [-0.25, -0.2) is 4.98 Å². The second kappa shape index (κ2) is 7.16. The van der Waals surface area contributed by atoms with Gasteiger partial charge >= 0.3 is 0 Å². The number of benzene rings is 1. The predicted molar refractivity (Wildman–Crippen MR) is 92.1 cm³/mol. The fourth-order valence-corrected chi connectivity index (χ4v) is 3.65. The molecule has 0 amide bonds. The zero-order chi connectivity index (χ0) is 16.2. The van der Waals surface area contributed by atoms with Crippen molar-refractivity contribution < 1.29 is 4.79 Å². The number of carbonyl (C=O) groups excluding carboxylic acids is 1. The molecule has 0 N–H and O–H groups in total. The molecule has 5 heteroatoms. The molecule has 1 aromatic heterocycles. The second-order valence-electron chi connectivity index (χ2n) is 5.48. The lowest BCUT2D eigenvalue weighted by atomic mass is 9.95. The Balaban J connectivity index is 1.76. The highest BCUT2D eigenvalue weighted by Gasteiger charge is 2.16. The zero-order valence-electron chi connectivity index (χ0n) is 12.5. The summed E-state index contributed by atoms with van der Waals surface area (Å²) in [4.78, 5) is 16.9. The van der Waals surface area contributed by atoms with Crippen LogP contribution in [0.2, 0.25) is 5.02 Å². The van der Waals surface area contributed by atoms with Gasteiger partial charge in [0.15, 0.2) is 5.78 Å². The lowest BCUT2D eigenvalue weighted by molar-refractivity contribution is 0.102. The molecule has 1 heterocycles. The number of pyridine rings is 1. The highest BCUT2D eigenvalue weighted by atomic mass is 35.5. The largest absolute Gasteiger partial charge is 0.293 e. The third-order valence-corrected chi connectivity index (χ3v) is 5.14. The van der Waals surface area contributed by atoms with Crippen molar-refractivity contribution in [1.29, 1.82) is 5.26 Å². The number of nitrogens with zero attached hydrogens (tertiary/aromatic N) is 2. The molecule has 1 aliphatic rings. The molecule has 0 bridgehead atoms. The van der Waals surface area contributed by atoms with Crippen molar-refractivity contribution in [3.8, 4) is 6.07 Å². The standard InChI is InChI=1S/C18H15ClN2OS/c19-15-7-5-12(6-8-15)17(22)11-23-18-14(10-20)9-13-3-1-2-4-16(13)21-18/h5-9H,1-4,11H2. The van der Waals surface area contributed by atoms with E-state index in [-0.39, 0.29) is 11.5 Å². The van der Waals surface area contributed by atoms with Gasteiger partial charge in [0.2, 0.25) is 0 Å². The van der Waals surface area contributed by atoms with Gasteiger partial charge in [-0.2, -0.15) is 5.26 Å². The van der Waals surface area contributed by atoms with Crippen LogP contribution in [0.1, 0.15) is 40.0 Å². The number of hydrogen-bond donors (Lipinski definition) is 0. The number of aryl methyl sites for hydroxylation is 2. The topological polar surface area (TPSA) is 53.8 Å². The summed E-state index contributed by atoms with van der Waals surface area (Å²) in [6, 6.07) is 11.0. The molecule has 1 aliphatic carbocycles. The summed E-state index contributed by atoms with van der Waals surface area (Å²) < 4.78 is 0. The lowest BCUT2D eigenvalue weighted by Crippen LogP contribution is -2.08. The van der Waals surface area contributed by atoms with Crippen LogP contribution >= 0.6 is 23.4 Å². The number of nitriles is 1. The number of thioether (sulfide) groups is 1. The highest BCUT2D eigenvalue weighted by molar-refractivity contribution is 8.00. The molecule has 2 aromatic rings. The Morgan fingerprint density at radius 1 is 1.26 bits per heavy atom. The Bertz CT molecular complexity index is 781. The van der Waals surface area contributed by atoms with Gasteiger partial charge < -0.3 is 0 Å². The summed E-state index contributed by atoms with van der Waals surface area (Å²) in [6.07, 6.45) is 4.24. The van der Waals surface area contributed by atoms with Crippen LogP contribution in [0.4, 0.5) is 0 Å². The van der Waals surface area contributed by atoms with Gasteiger partial charge in [0.05, 0.1) is 11.3 Å². The summed E-state index contributed by atoms with van der Waals surface area (Å²) in [5.74, 6) is 0.275. The number of carbonyl (C=O) groups is 1. The van der Waals surface area contributed by atoms with Gasteiger partial charge in [-0.1, -0.05) is 23.4 Å². The summed E-state index contributed by atoms with van der Waals surface area (Å²) in [5, 5.41) is 10.6. The Hall–Kier alpha value is -1.83.